The molecule has 0 spiro atoms. The Morgan fingerprint density at radius 3 is 2.76 bits per heavy atom. The highest BCUT2D eigenvalue weighted by molar-refractivity contribution is 7.80. The molecule has 0 saturated heterocycles. The zero-order valence-corrected chi connectivity index (χ0v) is 11.5. The molecule has 0 amide bonds. The first-order chi connectivity index (χ1) is 8.11. The van der Waals surface area contributed by atoms with E-state index in [0.717, 1.165) is 35.3 Å². The summed E-state index contributed by atoms with van der Waals surface area (Å²) < 4.78 is 0. The number of anilines is 1. The van der Waals surface area contributed by atoms with Crippen LogP contribution < -0.4 is 10.6 Å². The fourth-order valence-electron chi connectivity index (χ4n) is 1.98. The first kappa shape index (κ1) is 12.7. The van der Waals surface area contributed by atoms with Crippen LogP contribution in [-0.4, -0.2) is 18.1 Å². The number of nitrogens with two attached hydrogens (primary N) is 1. The van der Waals surface area contributed by atoms with Gasteiger partial charge in [-0.05, 0) is 43.9 Å². The molecule has 0 aromatic heterocycles. The van der Waals surface area contributed by atoms with Crippen LogP contribution in [0.2, 0.25) is 5.02 Å². The predicted molar refractivity (Wildman–Crippen MR) is 78.0 cm³/mol. The fraction of sp³-hybridized carbons (Fsp3) is 0.462. The van der Waals surface area contributed by atoms with Crippen LogP contribution in [0.15, 0.2) is 18.2 Å². The van der Waals surface area contributed by atoms with Crippen molar-refractivity contribution < 1.29 is 0 Å². The van der Waals surface area contributed by atoms with E-state index < -0.39 is 0 Å². The molecule has 17 heavy (non-hydrogen) atoms. The molecule has 1 aliphatic rings. The molecule has 2 nitrogen and oxygen atoms in total. The van der Waals surface area contributed by atoms with Crippen LogP contribution in [-0.2, 0) is 0 Å². The van der Waals surface area contributed by atoms with Crippen molar-refractivity contribution in [3.8, 4) is 0 Å². The van der Waals surface area contributed by atoms with Gasteiger partial charge in [-0.15, -0.1) is 0 Å². The third kappa shape index (κ3) is 3.11. The normalized spacial score (nSPS) is 14.7. The molecule has 0 bridgehead atoms. The third-order valence-corrected chi connectivity index (χ3v) is 3.58. The van der Waals surface area contributed by atoms with E-state index >= 15 is 0 Å². The summed E-state index contributed by atoms with van der Waals surface area (Å²) >= 11 is 11.2. The van der Waals surface area contributed by atoms with E-state index in [9.17, 15) is 0 Å². The Balaban J connectivity index is 2.31. The quantitative estimate of drug-likeness (QED) is 0.832. The smallest absolute Gasteiger partial charge is 0.106 e. The Bertz CT molecular complexity index is 429. The Morgan fingerprint density at radius 1 is 1.53 bits per heavy atom. The van der Waals surface area contributed by atoms with Crippen LogP contribution in [0.3, 0.4) is 0 Å². The molecule has 1 saturated carbocycles. The van der Waals surface area contributed by atoms with Crippen molar-refractivity contribution >= 4 is 34.5 Å². The topological polar surface area (TPSA) is 29.3 Å². The van der Waals surface area contributed by atoms with Crippen molar-refractivity contribution in [3.63, 3.8) is 0 Å². The van der Waals surface area contributed by atoms with Crippen molar-refractivity contribution in [2.75, 3.05) is 18.0 Å². The van der Waals surface area contributed by atoms with Crippen LogP contribution in [0.4, 0.5) is 5.69 Å². The van der Waals surface area contributed by atoms with E-state index in [1.165, 1.54) is 12.8 Å². The van der Waals surface area contributed by atoms with Gasteiger partial charge in [0.15, 0.2) is 0 Å². The van der Waals surface area contributed by atoms with Crippen LogP contribution in [0.1, 0.15) is 25.3 Å². The van der Waals surface area contributed by atoms with Crippen LogP contribution in [0.25, 0.3) is 0 Å². The standard InChI is InChI=1S/C13H17ClN2S/c1-2-16(8-9-3-4-9)12-7-10(14)5-6-11(12)13(15)17/h5-7,9H,2-4,8H2,1H3,(H2,15,17). The van der Waals surface area contributed by atoms with E-state index in [1.807, 2.05) is 18.2 Å². The number of benzene rings is 1. The molecule has 0 atom stereocenters. The maximum absolute atomic E-state index is 6.06. The van der Waals surface area contributed by atoms with E-state index in [0.29, 0.717) is 4.99 Å². The number of halogens is 1. The first-order valence-electron chi connectivity index (χ1n) is 5.96. The second-order valence-electron chi connectivity index (χ2n) is 4.51. The van der Waals surface area contributed by atoms with E-state index in [-0.39, 0.29) is 0 Å². The molecule has 1 aromatic rings. The molecule has 0 heterocycles. The van der Waals surface area contributed by atoms with Crippen LogP contribution >= 0.6 is 23.8 Å². The number of hydrogen-bond acceptors (Lipinski definition) is 2. The Morgan fingerprint density at radius 2 is 2.24 bits per heavy atom. The minimum absolute atomic E-state index is 0.436. The molecular weight excluding hydrogens is 252 g/mol. The van der Waals surface area contributed by atoms with Gasteiger partial charge in [-0.25, -0.2) is 0 Å². The minimum Gasteiger partial charge on any atom is -0.389 e. The largest absolute Gasteiger partial charge is 0.389 e. The number of nitrogens with zero attached hydrogens (tertiary/aromatic N) is 1. The number of hydrogen-bond donors (Lipinski definition) is 1. The average molecular weight is 269 g/mol. The Kier molecular flexibility index (Phi) is 3.89. The monoisotopic (exact) mass is 268 g/mol. The Hall–Kier alpha value is -0.800. The van der Waals surface area contributed by atoms with Gasteiger partial charge in [0.2, 0.25) is 0 Å². The molecule has 0 radical (unpaired) electrons. The van der Waals surface area contributed by atoms with Crippen molar-refractivity contribution in [1.29, 1.82) is 0 Å². The summed E-state index contributed by atoms with van der Waals surface area (Å²) in [5.41, 5.74) is 7.76. The average Bonchev–Trinajstić information content (AvgIpc) is 3.09. The number of thiocarbonyl (C=S) groups is 1. The van der Waals surface area contributed by atoms with Gasteiger partial charge in [0.25, 0.3) is 0 Å². The van der Waals surface area contributed by atoms with E-state index in [1.54, 1.807) is 0 Å². The molecule has 1 aromatic carbocycles. The van der Waals surface area contributed by atoms with Gasteiger partial charge >= 0.3 is 0 Å². The summed E-state index contributed by atoms with van der Waals surface area (Å²) in [5.74, 6) is 0.827. The lowest BCUT2D eigenvalue weighted by molar-refractivity contribution is 0.741. The van der Waals surface area contributed by atoms with Gasteiger partial charge in [0.05, 0.1) is 0 Å². The zero-order valence-electron chi connectivity index (χ0n) is 9.95. The minimum atomic E-state index is 0.436. The summed E-state index contributed by atoms with van der Waals surface area (Å²) in [5, 5.41) is 0.731. The van der Waals surface area contributed by atoms with Crippen LogP contribution in [0, 0.1) is 5.92 Å². The van der Waals surface area contributed by atoms with Gasteiger partial charge in [0, 0.05) is 29.4 Å². The molecule has 0 unspecified atom stereocenters. The van der Waals surface area contributed by atoms with Gasteiger partial charge < -0.3 is 10.6 Å². The fourth-order valence-corrected chi connectivity index (χ4v) is 2.32. The van der Waals surface area contributed by atoms with Crippen molar-refractivity contribution in [1.82, 2.24) is 0 Å². The zero-order chi connectivity index (χ0) is 12.4. The second kappa shape index (κ2) is 5.23. The maximum atomic E-state index is 6.06. The highest BCUT2D eigenvalue weighted by Gasteiger charge is 2.25. The molecule has 2 rings (SSSR count). The lowest BCUT2D eigenvalue weighted by Crippen LogP contribution is -2.28. The molecule has 4 heteroatoms. The van der Waals surface area contributed by atoms with Crippen LogP contribution in [0.5, 0.6) is 0 Å². The van der Waals surface area contributed by atoms with Gasteiger partial charge in [-0.3, -0.25) is 0 Å². The Labute approximate surface area is 113 Å². The van der Waals surface area contributed by atoms with Gasteiger partial charge in [-0.1, -0.05) is 23.8 Å². The lowest BCUT2D eigenvalue weighted by atomic mass is 10.1. The summed E-state index contributed by atoms with van der Waals surface area (Å²) in [7, 11) is 0. The molecular formula is C13H17ClN2S. The molecule has 1 aliphatic carbocycles. The summed E-state index contributed by atoms with van der Waals surface area (Å²) in [4.78, 5) is 2.75. The maximum Gasteiger partial charge on any atom is 0.106 e. The highest BCUT2D eigenvalue weighted by atomic mass is 35.5. The van der Waals surface area contributed by atoms with Crippen molar-refractivity contribution in [2.24, 2.45) is 11.7 Å². The second-order valence-corrected chi connectivity index (χ2v) is 5.38. The van der Waals surface area contributed by atoms with E-state index in [2.05, 4.69) is 11.8 Å². The summed E-state index contributed by atoms with van der Waals surface area (Å²) in [6.07, 6.45) is 2.67. The van der Waals surface area contributed by atoms with Crippen molar-refractivity contribution in [2.45, 2.75) is 19.8 Å². The highest BCUT2D eigenvalue weighted by Crippen LogP contribution is 2.33. The number of rotatable bonds is 5. The summed E-state index contributed by atoms with van der Waals surface area (Å²) in [6.45, 7) is 4.17. The SMILES string of the molecule is CCN(CC1CC1)c1cc(Cl)ccc1C(N)=S. The molecule has 2 N–H and O–H groups in total. The molecule has 92 valence electrons. The van der Waals surface area contributed by atoms with Crippen molar-refractivity contribution in [3.05, 3.63) is 28.8 Å². The molecule has 1 fully saturated rings. The predicted octanol–water partition coefficient (Wildman–Crippen LogP) is 3.21. The summed E-state index contributed by atoms with van der Waals surface area (Å²) in [6, 6.07) is 5.71. The molecule has 0 aliphatic heterocycles. The van der Waals surface area contributed by atoms with Gasteiger partial charge in [0.1, 0.15) is 4.99 Å². The first-order valence-corrected chi connectivity index (χ1v) is 6.74. The van der Waals surface area contributed by atoms with Gasteiger partial charge in [-0.2, -0.15) is 0 Å². The lowest BCUT2D eigenvalue weighted by Gasteiger charge is -2.25. The third-order valence-electron chi connectivity index (χ3n) is 3.12. The van der Waals surface area contributed by atoms with E-state index in [4.69, 9.17) is 29.6 Å².